The third kappa shape index (κ3) is 11.5. The van der Waals surface area contributed by atoms with Crippen molar-refractivity contribution in [3.05, 3.63) is 109 Å². The molecule has 5 atom stereocenters. The Morgan fingerprint density at radius 1 is 0.846 bits per heavy atom. The lowest BCUT2D eigenvalue weighted by Gasteiger charge is -2.31. The first-order chi connectivity index (χ1) is 37.2. The summed E-state index contributed by atoms with van der Waals surface area (Å²) in [6.07, 6.45) is 1.87. The van der Waals surface area contributed by atoms with E-state index in [0.717, 1.165) is 45.4 Å². The molecule has 78 heavy (non-hydrogen) atoms. The molecular weight excluding hydrogens is 1020 g/mol. The first-order valence-electron chi connectivity index (χ1n) is 25.1. The number of imide groups is 1. The number of hydrogen-bond donors (Lipinski definition) is 9. The molecule has 9 N–H and O–H groups in total. The molecule has 25 nitrogen and oxygen atoms in total. The number of nitrogens with zero attached hydrogens (tertiary/aromatic N) is 3. The maximum atomic E-state index is 14.1. The summed E-state index contributed by atoms with van der Waals surface area (Å²) in [6, 6.07) is 8.94. The number of ether oxygens (including phenoxy) is 2. The molecule has 0 bridgehead atoms. The van der Waals surface area contributed by atoms with Crippen LogP contribution in [0.1, 0.15) is 77.2 Å². The maximum Gasteiger partial charge on any atom is 0.343 e. The largest absolute Gasteiger partial charge is 0.480 e. The molecule has 2 aromatic carbocycles. The van der Waals surface area contributed by atoms with Crippen LogP contribution in [0, 0.1) is 13.8 Å². The van der Waals surface area contributed by atoms with E-state index < -0.39 is 134 Å². The number of pyridine rings is 2. The Morgan fingerprint density at radius 2 is 1.53 bits per heavy atom. The summed E-state index contributed by atoms with van der Waals surface area (Å²) < 4.78 is 12.5. The Balaban J connectivity index is 0.848. The first-order valence-corrected chi connectivity index (χ1v) is 25.1. The molecule has 2 aromatic heterocycles. The van der Waals surface area contributed by atoms with Crippen molar-refractivity contribution >= 4 is 70.1 Å². The van der Waals surface area contributed by atoms with Crippen molar-refractivity contribution in [2.75, 3.05) is 39.5 Å². The number of nitrogens with one attached hydrogen (secondary N) is 7. The number of carbonyl (C=O) groups excluding carboxylic acids is 9. The molecule has 25 heteroatoms. The van der Waals surface area contributed by atoms with Crippen molar-refractivity contribution < 1.29 is 67.6 Å². The molecule has 3 aliphatic heterocycles. The van der Waals surface area contributed by atoms with E-state index in [1.807, 2.05) is 19.9 Å². The smallest absolute Gasteiger partial charge is 0.343 e. The molecule has 4 aromatic rings. The van der Waals surface area contributed by atoms with Gasteiger partial charge in [0.2, 0.25) is 35.4 Å². The predicted octanol–water partition coefficient (Wildman–Crippen LogP) is -1.68. The number of carboxylic acid groups (broad SMARTS) is 1. The molecule has 0 saturated carbocycles. The molecule has 5 heterocycles. The van der Waals surface area contributed by atoms with Gasteiger partial charge in [-0.25, -0.2) is 9.78 Å². The van der Waals surface area contributed by atoms with Crippen molar-refractivity contribution in [1.29, 1.82) is 0 Å². The van der Waals surface area contributed by atoms with Crippen molar-refractivity contribution in [3.8, 4) is 11.4 Å². The molecular formula is C53H58N10O15. The van der Waals surface area contributed by atoms with Crippen LogP contribution in [0.25, 0.3) is 22.3 Å². The average Bonchev–Trinajstić information content (AvgIpc) is 4.15. The molecule has 8 amide bonds. The summed E-state index contributed by atoms with van der Waals surface area (Å²) in [6.45, 7) is 3.64. The highest BCUT2D eigenvalue weighted by atomic mass is 16.6. The van der Waals surface area contributed by atoms with Crippen molar-refractivity contribution in [2.24, 2.45) is 0 Å². The highest BCUT2D eigenvalue weighted by Crippen LogP contribution is 2.46. The highest BCUT2D eigenvalue weighted by molar-refractivity contribution is 6.15. The second-order valence-corrected chi connectivity index (χ2v) is 19.2. The summed E-state index contributed by atoms with van der Waals surface area (Å²) in [7, 11) is 0. The molecule has 2 unspecified atom stereocenters. The van der Waals surface area contributed by atoms with Crippen LogP contribution >= 0.6 is 0 Å². The Bertz CT molecular complexity index is 3250. The van der Waals surface area contributed by atoms with Gasteiger partial charge in [0.05, 0.1) is 61.2 Å². The second kappa shape index (κ2) is 23.3. The van der Waals surface area contributed by atoms with Gasteiger partial charge in [-0.05, 0) is 80.0 Å². The number of rotatable bonds is 22. The van der Waals surface area contributed by atoms with E-state index in [1.54, 1.807) is 47.9 Å². The zero-order valence-corrected chi connectivity index (χ0v) is 43.0. The standard InChI is InChI=1S/C53H58N10O15/c1-5-53(76)33-17-37-47-31(23-62(37)51(74)32(33)24-77-52(53)75)46-34(12-11-30-27(3)26(2)15-35(60-47)45(30)46)61-48(71)28(4)78-25-58-40(65)20-56-49(72)36(16-29-9-7-6-8-10-29)59-41(66)21-55-39(64)19-57-50(73)38(18-54-22-44(69)70)63-42(67)13-14-43(63)68/h6-10,13-15,17,28,34,36,38,54,76H,5,11-12,16,18-25H2,1-4H3,(H,55,64)(H,56,72)(H,57,73)(H,58,65)(H,59,66)(H,61,71)(H,69,70)/t28?,34-,36-,38?,53-/m0/s1. The number of aryl methyl sites for hydroxylation is 2. The SMILES string of the molecule is CC[C@@]1(O)C(=O)OCc2c1cc1n(c2=O)Cc2c-1nc1cc(C)c(C)c3c1c2[C@@H](NC(=O)C(C)OCNC(=O)CNC(=O)[C@H](Cc1ccccc1)NC(=O)CNC(=O)CNC(=O)C(CNCC(=O)O)N1C(=O)C=CC1=O)CC3. The van der Waals surface area contributed by atoms with Crippen LogP contribution in [0.3, 0.4) is 0 Å². The Labute approximate surface area is 444 Å². The lowest BCUT2D eigenvalue weighted by atomic mass is 9.80. The van der Waals surface area contributed by atoms with Crippen LogP contribution in [-0.4, -0.2) is 142 Å². The van der Waals surface area contributed by atoms with Crippen molar-refractivity contribution in [3.63, 3.8) is 0 Å². The lowest BCUT2D eigenvalue weighted by molar-refractivity contribution is -0.172. The number of carboxylic acids is 1. The van der Waals surface area contributed by atoms with Crippen LogP contribution in [0.4, 0.5) is 0 Å². The monoisotopic (exact) mass is 1070 g/mol. The van der Waals surface area contributed by atoms with Crippen molar-refractivity contribution in [2.45, 2.75) is 96.4 Å². The summed E-state index contributed by atoms with van der Waals surface area (Å²) >= 11 is 0. The minimum absolute atomic E-state index is 0.0148. The van der Waals surface area contributed by atoms with Gasteiger partial charge in [-0.1, -0.05) is 37.3 Å². The van der Waals surface area contributed by atoms with E-state index in [0.29, 0.717) is 40.2 Å². The van der Waals surface area contributed by atoms with E-state index in [-0.39, 0.29) is 37.1 Å². The van der Waals surface area contributed by atoms with Gasteiger partial charge in [0.15, 0.2) is 5.60 Å². The predicted molar refractivity (Wildman–Crippen MR) is 273 cm³/mol. The highest BCUT2D eigenvalue weighted by Gasteiger charge is 2.46. The number of aliphatic carboxylic acids is 1. The van der Waals surface area contributed by atoms with Gasteiger partial charge in [-0.15, -0.1) is 0 Å². The minimum atomic E-state index is -2.01. The quantitative estimate of drug-likeness (QED) is 0.0212. The van der Waals surface area contributed by atoms with Gasteiger partial charge >= 0.3 is 11.9 Å². The molecule has 0 spiro atoms. The van der Waals surface area contributed by atoms with E-state index >= 15 is 0 Å². The normalized spacial score (nSPS) is 17.9. The fraction of sp³-hybridized carbons (Fsp3) is 0.396. The number of aromatic nitrogens is 2. The van der Waals surface area contributed by atoms with Gasteiger partial charge in [0, 0.05) is 41.6 Å². The number of cyclic esters (lactones) is 1. The number of hydrogen-bond acceptors (Lipinski definition) is 16. The zero-order valence-electron chi connectivity index (χ0n) is 43.0. The van der Waals surface area contributed by atoms with E-state index in [9.17, 15) is 57.8 Å². The van der Waals surface area contributed by atoms with Crippen LogP contribution < -0.4 is 42.8 Å². The number of aliphatic hydroxyl groups is 1. The zero-order chi connectivity index (χ0) is 56.2. The molecule has 410 valence electrons. The molecule has 8 rings (SSSR count). The minimum Gasteiger partial charge on any atom is -0.480 e. The first kappa shape index (κ1) is 55.5. The van der Waals surface area contributed by atoms with Crippen LogP contribution in [-0.2, 0) is 89.0 Å². The Hall–Kier alpha value is -8.68. The van der Waals surface area contributed by atoms with Crippen LogP contribution in [0.5, 0.6) is 0 Å². The van der Waals surface area contributed by atoms with Gasteiger partial charge in [-0.2, -0.15) is 0 Å². The molecule has 0 fully saturated rings. The molecule has 0 saturated heterocycles. The maximum absolute atomic E-state index is 14.1. The summed E-state index contributed by atoms with van der Waals surface area (Å²) in [4.78, 5) is 147. The third-order valence-electron chi connectivity index (χ3n) is 14.3. The van der Waals surface area contributed by atoms with Gasteiger partial charge < -0.3 is 61.5 Å². The van der Waals surface area contributed by atoms with E-state index in [2.05, 4.69) is 37.2 Å². The molecule has 0 radical (unpaired) electrons. The fourth-order valence-electron chi connectivity index (χ4n) is 10.0. The Morgan fingerprint density at radius 3 is 2.22 bits per heavy atom. The third-order valence-corrected chi connectivity index (χ3v) is 14.3. The molecule has 4 aliphatic rings. The van der Waals surface area contributed by atoms with Gasteiger partial charge in [0.25, 0.3) is 17.4 Å². The van der Waals surface area contributed by atoms with Crippen LogP contribution in [0.2, 0.25) is 0 Å². The fourth-order valence-corrected chi connectivity index (χ4v) is 10.0. The second-order valence-electron chi connectivity index (χ2n) is 19.2. The number of benzene rings is 2. The summed E-state index contributed by atoms with van der Waals surface area (Å²) in [5.74, 6) is -8.31. The van der Waals surface area contributed by atoms with Crippen molar-refractivity contribution in [1.82, 2.24) is 51.7 Å². The number of fused-ring (bicyclic) bond motifs is 5. The number of amides is 8. The number of esters is 1. The van der Waals surface area contributed by atoms with E-state index in [4.69, 9.17) is 19.6 Å². The van der Waals surface area contributed by atoms with Crippen LogP contribution in [0.15, 0.2) is 59.4 Å². The summed E-state index contributed by atoms with van der Waals surface area (Å²) in [5.41, 5.74) is 4.88. The van der Waals surface area contributed by atoms with E-state index in [1.165, 1.54) is 6.92 Å². The average molecular weight is 1080 g/mol. The Kier molecular flexibility index (Phi) is 16.6. The molecule has 1 aliphatic carbocycles. The summed E-state index contributed by atoms with van der Waals surface area (Å²) in [5, 5.41) is 38.9. The number of carbonyl (C=O) groups is 10. The topological polar surface area (TPSA) is 352 Å². The van der Waals surface area contributed by atoms with Gasteiger partial charge in [-0.3, -0.25) is 52.8 Å². The lowest BCUT2D eigenvalue weighted by Crippen LogP contribution is -2.56. The van der Waals surface area contributed by atoms with Gasteiger partial charge in [0.1, 0.15) is 31.5 Å².